The number of benzene rings is 1. The Bertz CT molecular complexity index is 904. The molecule has 0 aliphatic heterocycles. The molecular weight excluding hydrogens is 368 g/mol. The van der Waals surface area contributed by atoms with Gasteiger partial charge in [-0.2, -0.15) is 0 Å². The highest BCUT2D eigenvalue weighted by Gasteiger charge is 2.19. The Hall–Kier alpha value is -1.13. The first-order valence-electron chi connectivity index (χ1n) is 5.98. The van der Waals surface area contributed by atoms with Crippen molar-refractivity contribution in [1.82, 2.24) is 4.72 Å². The molecule has 0 atom stereocenters. The number of sulfonamides is 2. The lowest BCUT2D eigenvalue weighted by molar-refractivity contribution is 0.587. The molecule has 0 unspecified atom stereocenters. The van der Waals surface area contributed by atoms with E-state index in [0.717, 1.165) is 11.3 Å². The van der Waals surface area contributed by atoms with E-state index in [4.69, 9.17) is 11.6 Å². The van der Waals surface area contributed by atoms with Gasteiger partial charge >= 0.3 is 0 Å². The summed E-state index contributed by atoms with van der Waals surface area (Å²) in [6.07, 6.45) is 0. The molecule has 0 amide bonds. The molecule has 0 saturated heterocycles. The Balaban J connectivity index is 2.41. The van der Waals surface area contributed by atoms with Crippen molar-refractivity contribution in [1.29, 1.82) is 0 Å². The summed E-state index contributed by atoms with van der Waals surface area (Å²) < 4.78 is 53.2. The Labute approximate surface area is 138 Å². The molecule has 0 aliphatic rings. The predicted molar refractivity (Wildman–Crippen MR) is 87.6 cm³/mol. The molecule has 0 radical (unpaired) electrons. The van der Waals surface area contributed by atoms with Crippen molar-refractivity contribution in [3.63, 3.8) is 0 Å². The fourth-order valence-electron chi connectivity index (χ4n) is 1.71. The molecule has 0 bridgehead atoms. The Morgan fingerprint density at radius 2 is 1.73 bits per heavy atom. The van der Waals surface area contributed by atoms with Gasteiger partial charge in [-0.3, -0.25) is 4.72 Å². The molecular formula is C12H13ClN2O4S3. The van der Waals surface area contributed by atoms with Crippen LogP contribution in [0.5, 0.6) is 0 Å². The van der Waals surface area contributed by atoms with Crippen molar-refractivity contribution in [2.75, 3.05) is 11.8 Å². The minimum absolute atomic E-state index is 0.0133. The highest BCUT2D eigenvalue weighted by atomic mass is 35.5. The highest BCUT2D eigenvalue weighted by Crippen LogP contribution is 2.28. The third kappa shape index (κ3) is 3.61. The van der Waals surface area contributed by atoms with Crippen LogP contribution in [0.25, 0.3) is 0 Å². The molecule has 0 fully saturated rings. The van der Waals surface area contributed by atoms with E-state index in [0.29, 0.717) is 9.90 Å². The van der Waals surface area contributed by atoms with Gasteiger partial charge < -0.3 is 0 Å². The second-order valence-electron chi connectivity index (χ2n) is 4.35. The molecule has 1 aromatic heterocycles. The number of hydrogen-bond donors (Lipinski definition) is 2. The zero-order valence-electron chi connectivity index (χ0n) is 11.6. The molecule has 1 aromatic carbocycles. The second kappa shape index (κ2) is 6.17. The molecule has 2 aromatic rings. The maximum absolute atomic E-state index is 12.2. The Kier molecular flexibility index (Phi) is 4.83. The number of halogens is 1. The van der Waals surface area contributed by atoms with Crippen LogP contribution in [0.3, 0.4) is 0 Å². The number of aryl methyl sites for hydroxylation is 1. The first kappa shape index (κ1) is 17.2. The highest BCUT2D eigenvalue weighted by molar-refractivity contribution is 7.94. The third-order valence-corrected chi connectivity index (χ3v) is 7.47. The quantitative estimate of drug-likeness (QED) is 0.833. The number of rotatable bonds is 5. The second-order valence-corrected chi connectivity index (χ2v) is 9.83. The zero-order chi connectivity index (χ0) is 16.5. The van der Waals surface area contributed by atoms with Crippen molar-refractivity contribution < 1.29 is 16.8 Å². The van der Waals surface area contributed by atoms with Crippen LogP contribution >= 0.6 is 22.9 Å². The van der Waals surface area contributed by atoms with Crippen molar-refractivity contribution >= 4 is 48.7 Å². The third-order valence-electron chi connectivity index (χ3n) is 2.81. The summed E-state index contributed by atoms with van der Waals surface area (Å²) in [6, 6.07) is 7.16. The van der Waals surface area contributed by atoms with E-state index in [-0.39, 0.29) is 14.8 Å². The van der Waals surface area contributed by atoms with Crippen molar-refractivity contribution in [3.05, 3.63) is 40.2 Å². The van der Waals surface area contributed by atoms with Gasteiger partial charge in [-0.1, -0.05) is 17.7 Å². The predicted octanol–water partition coefficient (Wildman–Crippen LogP) is 2.42. The van der Waals surface area contributed by atoms with E-state index in [1.807, 2.05) is 0 Å². The van der Waals surface area contributed by atoms with Crippen LogP contribution in [0.2, 0.25) is 4.34 Å². The Morgan fingerprint density at radius 3 is 2.27 bits per heavy atom. The van der Waals surface area contributed by atoms with Crippen LogP contribution < -0.4 is 9.44 Å². The minimum Gasteiger partial charge on any atom is -0.279 e. The summed E-state index contributed by atoms with van der Waals surface area (Å²) in [5, 5.41) is 0. The summed E-state index contributed by atoms with van der Waals surface area (Å²) in [7, 11) is -6.19. The van der Waals surface area contributed by atoms with Crippen molar-refractivity contribution in [3.8, 4) is 0 Å². The van der Waals surface area contributed by atoms with Gasteiger partial charge in [0, 0.05) is 0 Å². The van der Waals surface area contributed by atoms with Crippen LogP contribution in [-0.4, -0.2) is 23.9 Å². The molecule has 1 heterocycles. The molecule has 2 rings (SSSR count). The fraction of sp³-hybridized carbons (Fsp3) is 0.167. The summed E-state index contributed by atoms with van der Waals surface area (Å²) in [6.45, 7) is 1.63. The Morgan fingerprint density at radius 1 is 1.05 bits per heavy atom. The first-order valence-corrected chi connectivity index (χ1v) is 10.1. The first-order chi connectivity index (χ1) is 10.2. The smallest absolute Gasteiger partial charge is 0.271 e. The lowest BCUT2D eigenvalue weighted by Gasteiger charge is -2.11. The molecule has 10 heteroatoms. The number of anilines is 1. The molecule has 2 N–H and O–H groups in total. The number of nitrogens with one attached hydrogen (secondary N) is 2. The van der Waals surface area contributed by atoms with E-state index < -0.39 is 20.0 Å². The summed E-state index contributed by atoms with van der Waals surface area (Å²) >= 11 is 6.65. The lowest BCUT2D eigenvalue weighted by Crippen LogP contribution is -2.20. The van der Waals surface area contributed by atoms with E-state index >= 15 is 0 Å². The summed E-state index contributed by atoms with van der Waals surface area (Å²) in [5.74, 6) is 0. The van der Waals surface area contributed by atoms with Crippen LogP contribution in [0.15, 0.2) is 39.4 Å². The molecule has 0 aliphatic carbocycles. The molecule has 0 spiro atoms. The standard InChI is InChI=1S/C12H13ClN2O4S3/c1-8-3-4-9(7-10(8)21(16,17)14-2)15-22(18,19)12-6-5-11(13)20-12/h3-7,14-15H,1-2H3. The average Bonchev–Trinajstić information content (AvgIpc) is 2.88. The largest absolute Gasteiger partial charge is 0.279 e. The van der Waals surface area contributed by atoms with Crippen LogP contribution in [0.1, 0.15) is 5.56 Å². The fourth-order valence-corrected chi connectivity index (χ4v) is 5.24. The van der Waals surface area contributed by atoms with Gasteiger partial charge in [0.05, 0.1) is 14.9 Å². The topological polar surface area (TPSA) is 92.3 Å². The molecule has 120 valence electrons. The maximum Gasteiger partial charge on any atom is 0.271 e. The molecule has 6 nitrogen and oxygen atoms in total. The van der Waals surface area contributed by atoms with E-state index in [1.165, 1.54) is 37.4 Å². The van der Waals surface area contributed by atoms with Gasteiger partial charge in [0.15, 0.2) is 0 Å². The maximum atomic E-state index is 12.2. The summed E-state index contributed by atoms with van der Waals surface area (Å²) in [4.78, 5) is 0.0133. The lowest BCUT2D eigenvalue weighted by atomic mass is 10.2. The molecule has 22 heavy (non-hydrogen) atoms. The van der Waals surface area contributed by atoms with Gasteiger partial charge in [0.1, 0.15) is 4.21 Å². The number of hydrogen-bond acceptors (Lipinski definition) is 5. The van der Waals surface area contributed by atoms with Gasteiger partial charge in [-0.25, -0.2) is 21.6 Å². The van der Waals surface area contributed by atoms with Gasteiger partial charge in [-0.05, 0) is 43.8 Å². The van der Waals surface area contributed by atoms with Crippen molar-refractivity contribution in [2.24, 2.45) is 0 Å². The van der Waals surface area contributed by atoms with E-state index in [1.54, 1.807) is 6.92 Å². The van der Waals surface area contributed by atoms with Crippen LogP contribution in [0, 0.1) is 6.92 Å². The van der Waals surface area contributed by atoms with E-state index in [9.17, 15) is 16.8 Å². The van der Waals surface area contributed by atoms with Gasteiger partial charge in [-0.15, -0.1) is 11.3 Å². The zero-order valence-corrected chi connectivity index (χ0v) is 14.8. The van der Waals surface area contributed by atoms with Crippen LogP contribution in [0.4, 0.5) is 5.69 Å². The normalized spacial score (nSPS) is 12.3. The van der Waals surface area contributed by atoms with Gasteiger partial charge in [0.25, 0.3) is 10.0 Å². The molecule has 0 saturated carbocycles. The number of thiophene rings is 1. The van der Waals surface area contributed by atoms with E-state index in [2.05, 4.69) is 9.44 Å². The van der Waals surface area contributed by atoms with Crippen molar-refractivity contribution in [2.45, 2.75) is 16.0 Å². The average molecular weight is 381 g/mol. The van der Waals surface area contributed by atoms with Crippen LogP contribution in [-0.2, 0) is 20.0 Å². The monoisotopic (exact) mass is 380 g/mol. The minimum atomic E-state index is -3.81. The summed E-state index contributed by atoms with van der Waals surface area (Å²) in [5.41, 5.74) is 0.667. The SMILES string of the molecule is CNS(=O)(=O)c1cc(NS(=O)(=O)c2ccc(Cl)s2)ccc1C. The van der Waals surface area contributed by atoms with Gasteiger partial charge in [0.2, 0.25) is 10.0 Å².